The zero-order valence-electron chi connectivity index (χ0n) is 14.3. The Morgan fingerprint density at radius 3 is 2.08 bits per heavy atom. The first kappa shape index (κ1) is 22.8. The summed E-state index contributed by atoms with van der Waals surface area (Å²) >= 11 is 0. The van der Waals surface area contributed by atoms with Crippen LogP contribution in [-0.4, -0.2) is 58.0 Å². The van der Waals surface area contributed by atoms with Crippen molar-refractivity contribution in [3.63, 3.8) is 0 Å². The van der Waals surface area contributed by atoms with Crippen LogP contribution in [-0.2, 0) is 28.7 Å². The number of carbonyl (C=O) groups is 4. The van der Waals surface area contributed by atoms with Crippen LogP contribution in [0.3, 0.4) is 0 Å². The van der Waals surface area contributed by atoms with Gasteiger partial charge in [0.2, 0.25) is 6.10 Å². The van der Waals surface area contributed by atoms with E-state index in [0.717, 1.165) is 32.1 Å². The molecule has 25 heavy (non-hydrogen) atoms. The number of unbranched alkanes of at least 4 members (excludes halogenated alkanes) is 5. The van der Waals surface area contributed by atoms with Gasteiger partial charge in [-0.15, -0.1) is 0 Å². The molecule has 2 unspecified atom stereocenters. The average molecular weight is 362 g/mol. The second kappa shape index (κ2) is 13.2. The number of aliphatic carboxylic acids is 2. The van der Waals surface area contributed by atoms with Gasteiger partial charge in [0.05, 0.1) is 19.4 Å². The summed E-state index contributed by atoms with van der Waals surface area (Å²) in [4.78, 5) is 44.2. The second-order valence-electron chi connectivity index (χ2n) is 5.57. The van der Waals surface area contributed by atoms with Crippen LogP contribution in [0.1, 0.15) is 58.3 Å². The molecular formula is C16H26O9. The van der Waals surface area contributed by atoms with E-state index < -0.39 is 48.9 Å². The highest BCUT2D eigenvalue weighted by Crippen LogP contribution is 2.07. The molecule has 0 amide bonds. The maximum Gasteiger partial charge on any atom is 0.345 e. The molecule has 9 nitrogen and oxygen atoms in total. The number of aliphatic hydroxyl groups excluding tert-OH is 1. The molecule has 9 heteroatoms. The Labute approximate surface area is 145 Å². The lowest BCUT2D eigenvalue weighted by Crippen LogP contribution is -2.33. The monoisotopic (exact) mass is 362 g/mol. The van der Waals surface area contributed by atoms with Crippen molar-refractivity contribution in [2.24, 2.45) is 0 Å². The molecule has 0 radical (unpaired) electrons. The first-order chi connectivity index (χ1) is 11.8. The Balaban J connectivity index is 4.06. The van der Waals surface area contributed by atoms with E-state index in [1.165, 1.54) is 0 Å². The standard InChI is InChI=1S/C16H26O9/c1-2-3-4-5-6-7-8-24-16(23)11(17)9-14(20)25-12(15(21)22)10-13(18)19/h11-12,17H,2-10H2,1H3,(H,18,19)(H,21,22). The van der Waals surface area contributed by atoms with Gasteiger partial charge in [-0.1, -0.05) is 39.0 Å². The minimum absolute atomic E-state index is 0.119. The highest BCUT2D eigenvalue weighted by atomic mass is 16.6. The van der Waals surface area contributed by atoms with E-state index in [2.05, 4.69) is 11.7 Å². The summed E-state index contributed by atoms with van der Waals surface area (Å²) in [6.45, 7) is 2.22. The molecule has 0 aliphatic heterocycles. The van der Waals surface area contributed by atoms with Crippen LogP contribution >= 0.6 is 0 Å². The molecule has 2 atom stereocenters. The van der Waals surface area contributed by atoms with Crippen LogP contribution in [0.15, 0.2) is 0 Å². The number of esters is 2. The van der Waals surface area contributed by atoms with E-state index in [1.807, 2.05) is 0 Å². The van der Waals surface area contributed by atoms with E-state index in [1.54, 1.807) is 0 Å². The molecule has 0 rings (SSSR count). The fourth-order valence-corrected chi connectivity index (χ4v) is 1.94. The highest BCUT2D eigenvalue weighted by molar-refractivity contribution is 5.85. The third-order valence-electron chi connectivity index (χ3n) is 3.28. The van der Waals surface area contributed by atoms with Crippen molar-refractivity contribution in [2.75, 3.05) is 6.61 Å². The SMILES string of the molecule is CCCCCCCCOC(=O)C(O)CC(=O)OC(CC(=O)O)C(=O)O. The summed E-state index contributed by atoms with van der Waals surface area (Å²) in [5, 5.41) is 26.8. The van der Waals surface area contributed by atoms with E-state index in [9.17, 15) is 24.3 Å². The number of ether oxygens (including phenoxy) is 2. The molecule has 0 saturated heterocycles. The van der Waals surface area contributed by atoms with Gasteiger partial charge in [-0.25, -0.2) is 9.59 Å². The number of rotatable bonds is 14. The maximum absolute atomic E-state index is 11.5. The highest BCUT2D eigenvalue weighted by Gasteiger charge is 2.28. The predicted molar refractivity (Wildman–Crippen MR) is 84.7 cm³/mol. The van der Waals surface area contributed by atoms with E-state index >= 15 is 0 Å². The molecule has 0 spiro atoms. The smallest absolute Gasteiger partial charge is 0.345 e. The van der Waals surface area contributed by atoms with Crippen molar-refractivity contribution < 1.29 is 44.0 Å². The van der Waals surface area contributed by atoms with Crippen LogP contribution < -0.4 is 0 Å². The van der Waals surface area contributed by atoms with Crippen LogP contribution in [0.25, 0.3) is 0 Å². The number of hydrogen-bond acceptors (Lipinski definition) is 7. The lowest BCUT2D eigenvalue weighted by atomic mass is 10.1. The zero-order valence-corrected chi connectivity index (χ0v) is 14.3. The van der Waals surface area contributed by atoms with Crippen molar-refractivity contribution >= 4 is 23.9 Å². The van der Waals surface area contributed by atoms with Gasteiger partial charge in [-0.05, 0) is 6.42 Å². The van der Waals surface area contributed by atoms with Gasteiger partial charge in [0, 0.05) is 0 Å². The fraction of sp³-hybridized carbons (Fsp3) is 0.750. The van der Waals surface area contributed by atoms with Gasteiger partial charge in [0.25, 0.3) is 0 Å². The Bertz CT molecular complexity index is 447. The minimum Gasteiger partial charge on any atom is -0.481 e. The summed E-state index contributed by atoms with van der Waals surface area (Å²) in [7, 11) is 0. The number of carboxylic acid groups (broad SMARTS) is 2. The van der Waals surface area contributed by atoms with Crippen molar-refractivity contribution in [1.29, 1.82) is 0 Å². The van der Waals surface area contributed by atoms with Gasteiger partial charge in [-0.3, -0.25) is 9.59 Å². The first-order valence-electron chi connectivity index (χ1n) is 8.26. The Kier molecular flexibility index (Phi) is 12.0. The molecule has 0 heterocycles. The molecular weight excluding hydrogens is 336 g/mol. The maximum atomic E-state index is 11.5. The summed E-state index contributed by atoms with van der Waals surface area (Å²) in [5.74, 6) is -5.29. The summed E-state index contributed by atoms with van der Waals surface area (Å²) in [6, 6.07) is 0. The number of hydrogen-bond donors (Lipinski definition) is 3. The quantitative estimate of drug-likeness (QED) is 0.305. The first-order valence-corrected chi connectivity index (χ1v) is 8.26. The molecule has 0 fully saturated rings. The van der Waals surface area contributed by atoms with Crippen molar-refractivity contribution in [3.05, 3.63) is 0 Å². The minimum atomic E-state index is -1.88. The van der Waals surface area contributed by atoms with Crippen LogP contribution in [0.4, 0.5) is 0 Å². The normalized spacial score (nSPS) is 12.9. The van der Waals surface area contributed by atoms with Gasteiger partial charge in [0.15, 0.2) is 6.10 Å². The Morgan fingerprint density at radius 1 is 0.920 bits per heavy atom. The molecule has 0 bridgehead atoms. The second-order valence-corrected chi connectivity index (χ2v) is 5.57. The molecule has 0 aromatic heterocycles. The third-order valence-corrected chi connectivity index (χ3v) is 3.28. The Morgan fingerprint density at radius 2 is 1.52 bits per heavy atom. The number of carbonyl (C=O) groups excluding carboxylic acids is 2. The van der Waals surface area contributed by atoms with Crippen LogP contribution in [0, 0.1) is 0 Å². The summed E-state index contributed by atoms with van der Waals surface area (Å²) < 4.78 is 9.26. The lowest BCUT2D eigenvalue weighted by Gasteiger charge is -2.14. The van der Waals surface area contributed by atoms with E-state index in [4.69, 9.17) is 14.9 Å². The molecule has 0 aliphatic rings. The Hall–Kier alpha value is -2.16. The van der Waals surface area contributed by atoms with Crippen molar-refractivity contribution in [1.82, 2.24) is 0 Å². The molecule has 0 aliphatic carbocycles. The molecule has 144 valence electrons. The van der Waals surface area contributed by atoms with Crippen molar-refractivity contribution in [2.45, 2.75) is 70.5 Å². The molecule has 3 N–H and O–H groups in total. The zero-order chi connectivity index (χ0) is 19.2. The molecule has 0 saturated carbocycles. The van der Waals surface area contributed by atoms with Crippen molar-refractivity contribution in [3.8, 4) is 0 Å². The number of carboxylic acids is 2. The van der Waals surface area contributed by atoms with Crippen LogP contribution in [0.2, 0.25) is 0 Å². The van der Waals surface area contributed by atoms with Gasteiger partial charge in [-0.2, -0.15) is 0 Å². The third kappa shape index (κ3) is 11.9. The van der Waals surface area contributed by atoms with E-state index in [-0.39, 0.29) is 6.61 Å². The summed E-state index contributed by atoms with van der Waals surface area (Å²) in [5.41, 5.74) is 0. The lowest BCUT2D eigenvalue weighted by molar-refractivity contribution is -0.171. The average Bonchev–Trinajstić information content (AvgIpc) is 2.52. The van der Waals surface area contributed by atoms with Gasteiger partial charge >= 0.3 is 23.9 Å². The largest absolute Gasteiger partial charge is 0.481 e. The molecule has 0 aromatic carbocycles. The number of aliphatic hydroxyl groups is 1. The van der Waals surface area contributed by atoms with Crippen LogP contribution in [0.5, 0.6) is 0 Å². The van der Waals surface area contributed by atoms with E-state index in [0.29, 0.717) is 6.42 Å². The van der Waals surface area contributed by atoms with Gasteiger partial charge < -0.3 is 24.8 Å². The molecule has 0 aromatic rings. The van der Waals surface area contributed by atoms with Gasteiger partial charge in [0.1, 0.15) is 0 Å². The predicted octanol–water partition coefficient (Wildman–Crippen LogP) is 1.11. The fourth-order valence-electron chi connectivity index (χ4n) is 1.94. The summed E-state index contributed by atoms with van der Waals surface area (Å²) in [6.07, 6.45) is 0.571. The topological polar surface area (TPSA) is 147 Å².